The summed E-state index contributed by atoms with van der Waals surface area (Å²) in [5.41, 5.74) is 1.00. The van der Waals surface area contributed by atoms with Gasteiger partial charge in [-0.05, 0) is 111 Å². The zero-order valence-corrected chi connectivity index (χ0v) is 24.2. The molecular weight excluding hydrogens is 464 g/mol. The lowest BCUT2D eigenvalue weighted by Crippen LogP contribution is -2.66. The number of carbonyl (C=O) groups excluding carboxylic acids is 1. The number of carboxylic acid groups (broad SMARTS) is 1. The topological polar surface area (TPSA) is 83.8 Å². The molecule has 10 atom stereocenters. The highest BCUT2D eigenvalue weighted by molar-refractivity contribution is 5.85. The minimum atomic E-state index is -0.817. The lowest BCUT2D eigenvalue weighted by Gasteiger charge is -2.68. The second-order valence-corrected chi connectivity index (χ2v) is 14.9. The van der Waals surface area contributed by atoms with Gasteiger partial charge < -0.3 is 14.9 Å². The summed E-state index contributed by atoms with van der Waals surface area (Å²) in [6, 6.07) is 0. The Morgan fingerprint density at radius 3 is 2.38 bits per heavy atom. The zero-order chi connectivity index (χ0) is 27.2. The Bertz CT molecular complexity index is 999. The van der Waals surface area contributed by atoms with Crippen molar-refractivity contribution >= 4 is 11.9 Å². The summed E-state index contributed by atoms with van der Waals surface area (Å²) in [6.07, 6.45) is 12.4. The quantitative estimate of drug-likeness (QED) is 0.302. The van der Waals surface area contributed by atoms with Crippen LogP contribution in [0.15, 0.2) is 11.6 Å². The van der Waals surface area contributed by atoms with Crippen LogP contribution in [0.2, 0.25) is 0 Å². The average molecular weight is 515 g/mol. The highest BCUT2D eigenvalue weighted by Gasteiger charge is 2.85. The standard InChI is InChI=1S/C32H50O5/c1-19(9-8-10-20(2)27(35)36)22-11-16-32-18-31(22,32)15-12-23-29(6)14-13-26(37-21(3)33)28(4,5)24(29)17-25(34)30(23,32)7/h10,19,22-26,34H,8-9,11-18H2,1-7H3,(H,35,36). The lowest BCUT2D eigenvalue weighted by atomic mass is 9.37. The molecule has 0 heterocycles. The first-order valence-corrected chi connectivity index (χ1v) is 14.9. The summed E-state index contributed by atoms with van der Waals surface area (Å²) in [4.78, 5) is 23.1. The third kappa shape index (κ3) is 3.50. The van der Waals surface area contributed by atoms with Crippen molar-refractivity contribution in [2.45, 2.75) is 125 Å². The van der Waals surface area contributed by atoms with E-state index in [2.05, 4.69) is 34.6 Å². The van der Waals surface area contributed by atoms with Gasteiger partial charge in [0, 0.05) is 23.3 Å². The first-order chi connectivity index (χ1) is 17.2. The predicted molar refractivity (Wildman–Crippen MR) is 144 cm³/mol. The highest BCUT2D eigenvalue weighted by Crippen LogP contribution is 2.90. The molecule has 37 heavy (non-hydrogen) atoms. The van der Waals surface area contributed by atoms with Crippen molar-refractivity contribution in [2.75, 3.05) is 0 Å². The lowest BCUT2D eigenvalue weighted by molar-refractivity contribution is -0.245. The van der Waals surface area contributed by atoms with Gasteiger partial charge in [-0.15, -0.1) is 0 Å². The Hall–Kier alpha value is -1.36. The second kappa shape index (κ2) is 8.57. The normalized spacial score (nSPS) is 48.6. The number of hydrogen-bond acceptors (Lipinski definition) is 4. The zero-order valence-electron chi connectivity index (χ0n) is 24.2. The Morgan fingerprint density at radius 1 is 1.03 bits per heavy atom. The van der Waals surface area contributed by atoms with Crippen molar-refractivity contribution in [2.24, 2.45) is 50.7 Å². The summed E-state index contributed by atoms with van der Waals surface area (Å²) in [7, 11) is 0. The largest absolute Gasteiger partial charge is 0.478 e. The molecule has 5 aliphatic rings. The molecular formula is C32H50O5. The number of aliphatic hydroxyl groups excluding tert-OH is 1. The van der Waals surface area contributed by atoms with Gasteiger partial charge in [-0.1, -0.05) is 40.7 Å². The first kappa shape index (κ1) is 27.2. The maximum atomic E-state index is 12.1. The van der Waals surface area contributed by atoms with Gasteiger partial charge in [0.1, 0.15) is 6.10 Å². The molecule has 5 fully saturated rings. The van der Waals surface area contributed by atoms with E-state index in [4.69, 9.17) is 4.74 Å². The fraction of sp³-hybridized carbons (Fsp3) is 0.875. The van der Waals surface area contributed by atoms with Crippen LogP contribution in [0.5, 0.6) is 0 Å². The van der Waals surface area contributed by atoms with E-state index in [1.807, 2.05) is 6.08 Å². The van der Waals surface area contributed by atoms with Gasteiger partial charge >= 0.3 is 11.9 Å². The van der Waals surface area contributed by atoms with Gasteiger partial charge in [0.25, 0.3) is 0 Å². The smallest absolute Gasteiger partial charge is 0.330 e. The Kier molecular flexibility index (Phi) is 6.30. The predicted octanol–water partition coefficient (Wildman–Crippen LogP) is 6.78. The Labute approximate surface area is 223 Å². The van der Waals surface area contributed by atoms with Gasteiger partial charge in [0.15, 0.2) is 0 Å². The molecule has 0 aromatic carbocycles. The van der Waals surface area contributed by atoms with E-state index in [1.54, 1.807) is 6.92 Å². The van der Waals surface area contributed by atoms with Crippen LogP contribution < -0.4 is 0 Å². The fourth-order valence-electron chi connectivity index (χ4n) is 11.7. The third-order valence-corrected chi connectivity index (χ3v) is 13.5. The number of hydrogen-bond donors (Lipinski definition) is 2. The number of allylic oxidation sites excluding steroid dienone is 1. The maximum Gasteiger partial charge on any atom is 0.330 e. The van der Waals surface area contributed by atoms with E-state index >= 15 is 0 Å². The third-order valence-electron chi connectivity index (χ3n) is 13.5. The van der Waals surface area contributed by atoms with E-state index in [0.29, 0.717) is 34.7 Å². The van der Waals surface area contributed by atoms with Gasteiger partial charge in [-0.3, -0.25) is 4.79 Å². The van der Waals surface area contributed by atoms with Crippen molar-refractivity contribution in [3.63, 3.8) is 0 Å². The van der Waals surface area contributed by atoms with Gasteiger partial charge in [0.05, 0.1) is 6.10 Å². The second-order valence-electron chi connectivity index (χ2n) is 14.9. The average Bonchev–Trinajstić information content (AvgIpc) is 3.38. The molecule has 5 rings (SSSR count). The van der Waals surface area contributed by atoms with Crippen LogP contribution >= 0.6 is 0 Å². The molecule has 2 N–H and O–H groups in total. The molecule has 10 unspecified atom stereocenters. The molecule has 0 bridgehead atoms. The first-order valence-electron chi connectivity index (χ1n) is 14.9. The number of esters is 1. The van der Waals surface area contributed by atoms with Crippen LogP contribution in [-0.4, -0.2) is 34.4 Å². The number of carboxylic acids is 1. The van der Waals surface area contributed by atoms with E-state index in [9.17, 15) is 19.8 Å². The molecule has 0 amide bonds. The van der Waals surface area contributed by atoms with Crippen LogP contribution in [0.1, 0.15) is 113 Å². The molecule has 5 saturated carbocycles. The van der Waals surface area contributed by atoms with Gasteiger partial charge in [-0.25, -0.2) is 4.79 Å². The number of aliphatic carboxylic acids is 1. The summed E-state index contributed by atoms with van der Waals surface area (Å²) in [5.74, 6) is 1.08. The minimum Gasteiger partial charge on any atom is -0.478 e. The van der Waals surface area contributed by atoms with Crippen LogP contribution in [0.4, 0.5) is 0 Å². The van der Waals surface area contributed by atoms with Gasteiger partial charge in [0.2, 0.25) is 0 Å². The number of aliphatic hydroxyl groups is 1. The summed E-state index contributed by atoms with van der Waals surface area (Å²) in [6.45, 7) is 15.1. The van der Waals surface area contributed by atoms with Crippen LogP contribution in [0.25, 0.3) is 0 Å². The van der Waals surface area contributed by atoms with E-state index < -0.39 is 5.97 Å². The molecule has 0 aromatic rings. The summed E-state index contributed by atoms with van der Waals surface area (Å²) >= 11 is 0. The Balaban J connectivity index is 1.39. The molecule has 208 valence electrons. The van der Waals surface area contributed by atoms with Gasteiger partial charge in [-0.2, -0.15) is 0 Å². The number of carbonyl (C=O) groups is 2. The van der Waals surface area contributed by atoms with Crippen LogP contribution in [-0.2, 0) is 14.3 Å². The van der Waals surface area contributed by atoms with Crippen molar-refractivity contribution in [1.29, 1.82) is 0 Å². The molecule has 0 radical (unpaired) electrons. The number of fused-ring (bicyclic) bond motifs is 3. The fourth-order valence-corrected chi connectivity index (χ4v) is 11.7. The molecule has 5 nitrogen and oxygen atoms in total. The van der Waals surface area contributed by atoms with Crippen molar-refractivity contribution in [3.05, 3.63) is 11.6 Å². The van der Waals surface area contributed by atoms with Crippen molar-refractivity contribution < 1.29 is 24.5 Å². The highest BCUT2D eigenvalue weighted by atomic mass is 16.5. The number of ether oxygens (including phenoxy) is 1. The molecule has 0 spiro atoms. The molecule has 5 heteroatoms. The van der Waals surface area contributed by atoms with E-state index in [1.165, 1.54) is 39.0 Å². The molecule has 0 saturated heterocycles. The Morgan fingerprint density at radius 2 is 1.73 bits per heavy atom. The molecule has 5 aliphatic carbocycles. The summed E-state index contributed by atoms with van der Waals surface area (Å²) in [5, 5.41) is 21.3. The van der Waals surface area contributed by atoms with Crippen LogP contribution in [0, 0.1) is 50.7 Å². The monoisotopic (exact) mass is 514 g/mol. The molecule has 0 aliphatic heterocycles. The van der Waals surface area contributed by atoms with Crippen molar-refractivity contribution in [3.8, 4) is 0 Å². The summed E-state index contributed by atoms with van der Waals surface area (Å²) < 4.78 is 5.84. The van der Waals surface area contributed by atoms with Crippen LogP contribution in [0.3, 0.4) is 0 Å². The number of rotatable bonds is 6. The SMILES string of the molecule is CC(=O)OC1CCC2(C)C(CC(O)C3(C)C2CCC24CC23CCC4C(C)CCC=C(C)C(=O)O)C1(C)C. The van der Waals surface area contributed by atoms with Crippen molar-refractivity contribution in [1.82, 2.24) is 0 Å². The minimum absolute atomic E-state index is 0.0604. The molecule has 0 aromatic heterocycles. The maximum absolute atomic E-state index is 12.1. The van der Waals surface area contributed by atoms with E-state index in [0.717, 1.165) is 32.1 Å². The van der Waals surface area contributed by atoms with E-state index in [-0.39, 0.29) is 39.8 Å².